The molecule has 0 bridgehead atoms. The second-order valence-corrected chi connectivity index (χ2v) is 4.19. The molecular weight excluding hydrogens is 292 g/mol. The molecule has 22 heavy (non-hydrogen) atoms. The number of rotatable bonds is 4. The molecule has 3 aromatic rings. The molecule has 2 N–H and O–H groups in total. The van der Waals surface area contributed by atoms with Gasteiger partial charge in [0.05, 0.1) is 13.1 Å². The molecule has 0 saturated carbocycles. The van der Waals surface area contributed by atoms with Crippen LogP contribution in [0.25, 0.3) is 17.1 Å². The summed E-state index contributed by atoms with van der Waals surface area (Å²) in [5, 5.41) is 25.6. The quantitative estimate of drug-likeness (QED) is 0.659. The van der Waals surface area contributed by atoms with Gasteiger partial charge in [0.25, 0.3) is 0 Å². The minimum atomic E-state index is -1.48. The van der Waals surface area contributed by atoms with Crippen molar-refractivity contribution >= 4 is 11.8 Å². The van der Waals surface area contributed by atoms with E-state index in [4.69, 9.17) is 10.5 Å². The smallest absolute Gasteiger partial charge is 0.243 e. The Morgan fingerprint density at radius 1 is 1.32 bits per heavy atom. The second-order valence-electron chi connectivity index (χ2n) is 4.19. The number of ether oxygens (including phenoxy) is 1. The molecule has 0 saturated heterocycles. The number of hydrogen-bond donors (Lipinski definition) is 1. The van der Waals surface area contributed by atoms with Gasteiger partial charge in [-0.2, -0.15) is 4.68 Å². The van der Waals surface area contributed by atoms with Gasteiger partial charge in [-0.25, -0.2) is 4.63 Å². The molecule has 0 spiro atoms. The van der Waals surface area contributed by atoms with Crippen LogP contribution >= 0.6 is 0 Å². The fourth-order valence-electron chi connectivity index (χ4n) is 1.91. The first-order valence-electron chi connectivity index (χ1n) is 6.01. The highest BCUT2D eigenvalue weighted by Gasteiger charge is 2.21. The first-order valence-corrected chi connectivity index (χ1v) is 6.01. The van der Waals surface area contributed by atoms with E-state index in [0.29, 0.717) is 11.3 Å². The molecule has 10 heteroatoms. The number of benzene rings is 1. The molecule has 2 aromatic heterocycles. The van der Waals surface area contributed by atoms with Crippen LogP contribution in [-0.4, -0.2) is 38.4 Å². The van der Waals surface area contributed by atoms with Gasteiger partial charge in [-0.05, 0) is 34.6 Å². The number of aromatic nitrogens is 5. The molecule has 0 unspecified atom stereocenters. The maximum Gasteiger partial charge on any atom is 0.243 e. The SMILES string of the molecule is COc1ccc(-c2c(C(=O)[O-])nnn2-c2nonc2N)cc1. The van der Waals surface area contributed by atoms with E-state index < -0.39 is 5.97 Å². The van der Waals surface area contributed by atoms with Crippen molar-refractivity contribution in [1.29, 1.82) is 0 Å². The summed E-state index contributed by atoms with van der Waals surface area (Å²) in [7, 11) is 1.52. The third-order valence-electron chi connectivity index (χ3n) is 2.92. The van der Waals surface area contributed by atoms with Crippen molar-refractivity contribution in [1.82, 2.24) is 25.3 Å². The van der Waals surface area contributed by atoms with Gasteiger partial charge in [0, 0.05) is 5.56 Å². The van der Waals surface area contributed by atoms with Crippen LogP contribution in [0, 0.1) is 0 Å². The number of carboxylic acids is 1. The lowest BCUT2D eigenvalue weighted by Crippen LogP contribution is -2.23. The zero-order valence-electron chi connectivity index (χ0n) is 11.3. The highest BCUT2D eigenvalue weighted by molar-refractivity contribution is 5.91. The van der Waals surface area contributed by atoms with Gasteiger partial charge in [-0.3, -0.25) is 0 Å². The fourth-order valence-corrected chi connectivity index (χ4v) is 1.91. The normalized spacial score (nSPS) is 10.6. The number of nitrogens with two attached hydrogens (primary N) is 1. The van der Waals surface area contributed by atoms with Gasteiger partial charge in [-0.15, -0.1) is 5.10 Å². The lowest BCUT2D eigenvalue weighted by molar-refractivity contribution is -0.255. The van der Waals surface area contributed by atoms with E-state index in [0.717, 1.165) is 4.68 Å². The second kappa shape index (κ2) is 5.16. The van der Waals surface area contributed by atoms with Gasteiger partial charge in [0.2, 0.25) is 11.6 Å². The predicted molar refractivity (Wildman–Crippen MR) is 69.9 cm³/mol. The van der Waals surface area contributed by atoms with E-state index >= 15 is 0 Å². The first-order chi connectivity index (χ1) is 10.6. The average molecular weight is 301 g/mol. The van der Waals surface area contributed by atoms with Gasteiger partial charge in [0.1, 0.15) is 17.1 Å². The summed E-state index contributed by atoms with van der Waals surface area (Å²) >= 11 is 0. The standard InChI is InChI=1S/C12H10N6O4/c1-21-7-4-2-6(3-5-7)9-8(12(19)20)14-17-18(9)11-10(13)15-22-16-11/h2-5H,1H3,(H2,13,15)(H,19,20)/p-1. The summed E-state index contributed by atoms with van der Waals surface area (Å²) in [6, 6.07) is 6.61. The lowest BCUT2D eigenvalue weighted by atomic mass is 10.1. The zero-order chi connectivity index (χ0) is 15.7. The molecular formula is C12H9N6O4-. The van der Waals surface area contributed by atoms with E-state index in [2.05, 4.69) is 25.3 Å². The molecule has 0 atom stereocenters. The average Bonchev–Trinajstić information content (AvgIpc) is 3.13. The summed E-state index contributed by atoms with van der Waals surface area (Å²) in [5.41, 5.74) is 5.91. The molecule has 0 aliphatic heterocycles. The zero-order valence-corrected chi connectivity index (χ0v) is 11.3. The van der Waals surface area contributed by atoms with Crippen LogP contribution in [0.4, 0.5) is 5.82 Å². The lowest BCUT2D eigenvalue weighted by Gasteiger charge is -2.07. The summed E-state index contributed by atoms with van der Waals surface area (Å²) in [6.07, 6.45) is 0. The van der Waals surface area contributed by atoms with Crippen LogP contribution in [0.3, 0.4) is 0 Å². The minimum Gasteiger partial charge on any atom is -0.543 e. The number of methoxy groups -OCH3 is 1. The highest BCUT2D eigenvalue weighted by atomic mass is 16.6. The summed E-state index contributed by atoms with van der Waals surface area (Å²) in [6.45, 7) is 0. The summed E-state index contributed by atoms with van der Waals surface area (Å²) in [4.78, 5) is 11.2. The Hall–Kier alpha value is -3.43. The Balaban J connectivity index is 2.21. The Morgan fingerprint density at radius 3 is 2.59 bits per heavy atom. The molecule has 0 amide bonds. The number of anilines is 1. The summed E-state index contributed by atoms with van der Waals surface area (Å²) in [5.74, 6) is -0.886. The summed E-state index contributed by atoms with van der Waals surface area (Å²) < 4.78 is 10.7. The van der Waals surface area contributed by atoms with E-state index in [-0.39, 0.29) is 23.0 Å². The van der Waals surface area contributed by atoms with Crippen molar-refractivity contribution in [3.05, 3.63) is 30.0 Å². The van der Waals surface area contributed by atoms with Crippen molar-refractivity contribution in [3.8, 4) is 22.8 Å². The van der Waals surface area contributed by atoms with E-state index in [9.17, 15) is 9.90 Å². The van der Waals surface area contributed by atoms with Crippen molar-refractivity contribution in [3.63, 3.8) is 0 Å². The van der Waals surface area contributed by atoms with Crippen LogP contribution in [0.1, 0.15) is 10.5 Å². The minimum absolute atomic E-state index is 0.0332. The Bertz CT molecular complexity index is 823. The van der Waals surface area contributed by atoms with Crippen LogP contribution < -0.4 is 15.6 Å². The monoisotopic (exact) mass is 301 g/mol. The number of carboxylic acid groups (broad SMARTS) is 1. The Morgan fingerprint density at radius 2 is 2.05 bits per heavy atom. The van der Waals surface area contributed by atoms with Crippen molar-refractivity contribution in [2.24, 2.45) is 0 Å². The van der Waals surface area contributed by atoms with Crippen LogP contribution in [0.2, 0.25) is 0 Å². The van der Waals surface area contributed by atoms with Crippen LogP contribution in [0.5, 0.6) is 5.75 Å². The van der Waals surface area contributed by atoms with Crippen molar-refractivity contribution < 1.29 is 19.3 Å². The van der Waals surface area contributed by atoms with Crippen LogP contribution in [-0.2, 0) is 0 Å². The molecule has 0 aliphatic carbocycles. The number of aromatic carboxylic acids is 1. The number of carbonyl (C=O) groups is 1. The molecule has 0 radical (unpaired) electrons. The van der Waals surface area contributed by atoms with E-state index in [1.807, 2.05) is 0 Å². The highest BCUT2D eigenvalue weighted by Crippen LogP contribution is 2.27. The third-order valence-corrected chi connectivity index (χ3v) is 2.92. The largest absolute Gasteiger partial charge is 0.543 e. The van der Waals surface area contributed by atoms with Crippen LogP contribution in [0.15, 0.2) is 28.9 Å². The van der Waals surface area contributed by atoms with Gasteiger partial charge >= 0.3 is 0 Å². The van der Waals surface area contributed by atoms with E-state index in [1.54, 1.807) is 24.3 Å². The van der Waals surface area contributed by atoms with Crippen molar-refractivity contribution in [2.75, 3.05) is 12.8 Å². The van der Waals surface area contributed by atoms with Gasteiger partial charge < -0.3 is 20.4 Å². The third kappa shape index (κ3) is 2.12. The Labute approximate surface area is 123 Å². The number of hydrogen-bond acceptors (Lipinski definition) is 9. The topological polar surface area (TPSA) is 145 Å². The number of nitrogen functional groups attached to an aromatic ring is 1. The molecule has 2 heterocycles. The Kier molecular flexibility index (Phi) is 3.18. The van der Waals surface area contributed by atoms with E-state index in [1.165, 1.54) is 7.11 Å². The van der Waals surface area contributed by atoms with Crippen molar-refractivity contribution in [2.45, 2.75) is 0 Å². The van der Waals surface area contributed by atoms with Gasteiger partial charge in [0.15, 0.2) is 0 Å². The van der Waals surface area contributed by atoms with Gasteiger partial charge in [-0.1, -0.05) is 5.21 Å². The molecule has 10 nitrogen and oxygen atoms in total. The maximum absolute atomic E-state index is 11.2. The molecule has 112 valence electrons. The first kappa shape index (κ1) is 13.5. The molecule has 0 fully saturated rings. The molecule has 3 rings (SSSR count). The fraction of sp³-hybridized carbons (Fsp3) is 0.0833. The number of carbonyl (C=O) groups excluding carboxylic acids is 1. The maximum atomic E-state index is 11.2. The predicted octanol–water partition coefficient (Wildman–Crippen LogP) is -0.728. The number of nitrogens with zero attached hydrogens (tertiary/aromatic N) is 5. The molecule has 0 aliphatic rings. The molecule has 1 aromatic carbocycles.